The van der Waals surface area contributed by atoms with Crippen molar-refractivity contribution in [1.29, 1.82) is 0 Å². The summed E-state index contributed by atoms with van der Waals surface area (Å²) in [4.78, 5) is 16.1. The van der Waals surface area contributed by atoms with Crippen molar-refractivity contribution >= 4 is 17.4 Å². The normalized spacial score (nSPS) is 22.0. The lowest BCUT2D eigenvalue weighted by atomic mass is 9.85. The van der Waals surface area contributed by atoms with Crippen molar-refractivity contribution in [3.63, 3.8) is 0 Å². The highest BCUT2D eigenvalue weighted by atomic mass is 19.3. The molecule has 144 valence electrons. The third-order valence-electron chi connectivity index (χ3n) is 4.32. The van der Waals surface area contributed by atoms with Gasteiger partial charge in [0.15, 0.2) is 11.2 Å². The Morgan fingerprint density at radius 3 is 2.78 bits per heavy atom. The molecule has 0 fully saturated rings. The maximum absolute atomic E-state index is 14.7. The predicted octanol–water partition coefficient (Wildman–Crippen LogP) is 2.61. The number of amides is 1. The molecule has 1 amide bonds. The van der Waals surface area contributed by atoms with Gasteiger partial charge in [0.25, 0.3) is 11.8 Å². The van der Waals surface area contributed by atoms with E-state index in [9.17, 15) is 18.0 Å². The Hall–Kier alpha value is -2.88. The summed E-state index contributed by atoms with van der Waals surface area (Å²) in [5, 5.41) is 6.04. The first kappa shape index (κ1) is 18.9. The van der Waals surface area contributed by atoms with Crippen LogP contribution in [0.4, 0.5) is 18.9 Å². The van der Waals surface area contributed by atoms with Gasteiger partial charge in [-0.1, -0.05) is 5.16 Å². The number of carbonyl (C=O) groups is 1. The topological polar surface area (TPSA) is 103 Å². The van der Waals surface area contributed by atoms with Gasteiger partial charge < -0.3 is 20.3 Å². The van der Waals surface area contributed by atoms with E-state index in [-0.39, 0.29) is 23.8 Å². The molecule has 3 N–H and O–H groups in total. The van der Waals surface area contributed by atoms with E-state index in [1.807, 2.05) is 0 Å². The van der Waals surface area contributed by atoms with Crippen LogP contribution in [0.2, 0.25) is 0 Å². The SMILES string of the molecule is Cc1conc1C(=O)Nc1ccc(F)c(C2(C)N=C(N)COCC2(F)F)c1. The second kappa shape index (κ2) is 6.69. The van der Waals surface area contributed by atoms with Gasteiger partial charge in [-0.05, 0) is 32.0 Å². The lowest BCUT2D eigenvalue weighted by Gasteiger charge is -2.33. The minimum Gasteiger partial charge on any atom is -0.385 e. The molecule has 1 aliphatic rings. The van der Waals surface area contributed by atoms with Gasteiger partial charge in [-0.25, -0.2) is 13.2 Å². The zero-order chi connectivity index (χ0) is 19.8. The fourth-order valence-electron chi connectivity index (χ4n) is 2.76. The van der Waals surface area contributed by atoms with Crippen LogP contribution in [0.3, 0.4) is 0 Å². The highest BCUT2D eigenvalue weighted by Crippen LogP contribution is 2.44. The van der Waals surface area contributed by atoms with Crippen LogP contribution in [0.25, 0.3) is 0 Å². The summed E-state index contributed by atoms with van der Waals surface area (Å²) in [6.07, 6.45) is 1.29. The smallest absolute Gasteiger partial charge is 0.299 e. The molecule has 1 atom stereocenters. The molecule has 0 bridgehead atoms. The van der Waals surface area contributed by atoms with Crippen LogP contribution >= 0.6 is 0 Å². The lowest BCUT2D eigenvalue weighted by molar-refractivity contribution is -0.116. The minimum atomic E-state index is -3.53. The third kappa shape index (κ3) is 3.39. The largest absolute Gasteiger partial charge is 0.385 e. The van der Waals surface area contributed by atoms with Gasteiger partial charge in [-0.3, -0.25) is 9.79 Å². The molecule has 1 aromatic heterocycles. The van der Waals surface area contributed by atoms with E-state index in [1.165, 1.54) is 12.3 Å². The quantitative estimate of drug-likeness (QED) is 0.850. The molecule has 0 radical (unpaired) electrons. The number of nitrogens with two attached hydrogens (primary N) is 1. The number of rotatable bonds is 3. The summed E-state index contributed by atoms with van der Waals surface area (Å²) in [7, 11) is 0. The van der Waals surface area contributed by atoms with Crippen molar-refractivity contribution in [3.05, 3.63) is 47.1 Å². The van der Waals surface area contributed by atoms with Gasteiger partial charge in [0, 0.05) is 16.8 Å². The number of nitrogens with zero attached hydrogens (tertiary/aromatic N) is 2. The molecule has 10 heteroatoms. The van der Waals surface area contributed by atoms with Crippen molar-refractivity contribution in [2.24, 2.45) is 10.7 Å². The first-order chi connectivity index (χ1) is 12.6. The average Bonchev–Trinajstić information content (AvgIpc) is 2.98. The molecule has 0 spiro atoms. The standard InChI is InChI=1S/C17H17F3N4O3/c1-9-6-27-24-14(9)15(25)22-10-3-4-12(18)11(5-10)16(2)17(19,20)8-26-7-13(21)23-16/h3-6H,7-8H2,1-2H3,(H2,21,23)(H,22,25). The van der Waals surface area contributed by atoms with Gasteiger partial charge in [0.2, 0.25) is 0 Å². The van der Waals surface area contributed by atoms with E-state index in [4.69, 9.17) is 15.0 Å². The van der Waals surface area contributed by atoms with Gasteiger partial charge in [-0.2, -0.15) is 0 Å². The van der Waals surface area contributed by atoms with Crippen molar-refractivity contribution < 1.29 is 27.2 Å². The number of halogens is 3. The molecular weight excluding hydrogens is 365 g/mol. The Kier molecular flexibility index (Phi) is 4.68. The van der Waals surface area contributed by atoms with E-state index in [0.29, 0.717) is 5.56 Å². The number of hydrogen-bond donors (Lipinski definition) is 2. The van der Waals surface area contributed by atoms with E-state index in [2.05, 4.69) is 15.5 Å². The summed E-state index contributed by atoms with van der Waals surface area (Å²) in [5.41, 5.74) is 3.49. The predicted molar refractivity (Wildman–Crippen MR) is 90.3 cm³/mol. The number of aliphatic imine (C=N–C) groups is 1. The minimum absolute atomic E-state index is 0.0301. The third-order valence-corrected chi connectivity index (χ3v) is 4.32. The number of aryl methyl sites for hydroxylation is 1. The monoisotopic (exact) mass is 382 g/mol. The molecule has 0 saturated carbocycles. The second-order valence-electron chi connectivity index (χ2n) is 6.37. The van der Waals surface area contributed by atoms with Gasteiger partial charge in [0.05, 0.1) is 0 Å². The zero-order valence-corrected chi connectivity index (χ0v) is 14.6. The molecule has 27 heavy (non-hydrogen) atoms. The Labute approximate surface area is 152 Å². The van der Waals surface area contributed by atoms with Crippen LogP contribution in [-0.4, -0.2) is 36.0 Å². The first-order valence-corrected chi connectivity index (χ1v) is 7.96. The van der Waals surface area contributed by atoms with E-state index in [0.717, 1.165) is 19.1 Å². The Bertz CT molecular complexity index is 913. The number of aromatic nitrogens is 1. The second-order valence-corrected chi connectivity index (χ2v) is 6.37. The van der Waals surface area contributed by atoms with Gasteiger partial charge >= 0.3 is 0 Å². The maximum atomic E-state index is 14.7. The van der Waals surface area contributed by atoms with Crippen molar-refractivity contribution in [2.45, 2.75) is 25.3 Å². The van der Waals surface area contributed by atoms with Crippen LogP contribution in [0.15, 0.2) is 34.0 Å². The van der Waals surface area contributed by atoms with E-state index >= 15 is 0 Å². The Balaban J connectivity index is 2.01. The molecule has 1 unspecified atom stereocenters. The fourth-order valence-corrected chi connectivity index (χ4v) is 2.76. The highest BCUT2D eigenvalue weighted by molar-refractivity contribution is 6.03. The molecule has 7 nitrogen and oxygen atoms in total. The molecule has 1 aromatic carbocycles. The molecule has 1 aliphatic heterocycles. The van der Waals surface area contributed by atoms with Crippen molar-refractivity contribution in [1.82, 2.24) is 5.16 Å². The summed E-state index contributed by atoms with van der Waals surface area (Å²) >= 11 is 0. The first-order valence-electron chi connectivity index (χ1n) is 7.96. The number of alkyl halides is 2. The maximum Gasteiger partial charge on any atom is 0.299 e. The van der Waals surface area contributed by atoms with E-state index < -0.39 is 35.4 Å². The van der Waals surface area contributed by atoms with Crippen LogP contribution in [0.5, 0.6) is 0 Å². The van der Waals surface area contributed by atoms with Crippen molar-refractivity contribution in [2.75, 3.05) is 18.5 Å². The number of ether oxygens (including phenoxy) is 1. The van der Waals surface area contributed by atoms with Crippen molar-refractivity contribution in [3.8, 4) is 0 Å². The Morgan fingerprint density at radius 1 is 1.37 bits per heavy atom. The van der Waals surface area contributed by atoms with Gasteiger partial charge in [-0.15, -0.1) is 0 Å². The number of hydrogen-bond acceptors (Lipinski definition) is 6. The lowest BCUT2D eigenvalue weighted by Crippen LogP contribution is -2.45. The van der Waals surface area contributed by atoms with Crippen LogP contribution in [-0.2, 0) is 10.3 Å². The number of carbonyl (C=O) groups excluding carboxylic acids is 1. The number of nitrogens with one attached hydrogen (secondary N) is 1. The molecule has 3 rings (SSSR count). The molecule has 0 aliphatic carbocycles. The summed E-state index contributed by atoms with van der Waals surface area (Å²) in [5.74, 6) is -5.24. The molecule has 0 saturated heterocycles. The fraction of sp³-hybridized carbons (Fsp3) is 0.353. The Morgan fingerprint density at radius 2 is 2.11 bits per heavy atom. The number of anilines is 1. The zero-order valence-electron chi connectivity index (χ0n) is 14.6. The summed E-state index contributed by atoms with van der Waals surface area (Å²) in [6, 6.07) is 3.31. The number of amidine groups is 1. The van der Waals surface area contributed by atoms with E-state index in [1.54, 1.807) is 6.92 Å². The molecule has 2 heterocycles. The van der Waals surface area contributed by atoms with Crippen LogP contribution < -0.4 is 11.1 Å². The molecule has 2 aromatic rings. The van der Waals surface area contributed by atoms with Crippen LogP contribution in [0.1, 0.15) is 28.5 Å². The van der Waals surface area contributed by atoms with Gasteiger partial charge in [0.1, 0.15) is 31.1 Å². The average molecular weight is 382 g/mol. The number of benzene rings is 1. The van der Waals surface area contributed by atoms with Crippen LogP contribution in [0, 0.1) is 12.7 Å². The molecular formula is C17H17F3N4O3. The summed E-state index contributed by atoms with van der Waals surface area (Å²) < 4.78 is 53.3. The summed E-state index contributed by atoms with van der Waals surface area (Å²) in [6.45, 7) is 1.43. The highest BCUT2D eigenvalue weighted by Gasteiger charge is 2.54.